The van der Waals surface area contributed by atoms with Crippen molar-refractivity contribution in [1.29, 1.82) is 0 Å². The van der Waals surface area contributed by atoms with Crippen LogP contribution in [0.5, 0.6) is 0 Å². The summed E-state index contributed by atoms with van der Waals surface area (Å²) in [7, 11) is 1.80. The monoisotopic (exact) mass is 283 g/mol. The number of halogens is 3. The zero-order valence-corrected chi connectivity index (χ0v) is 11.3. The Morgan fingerprint density at radius 3 is 2.60 bits per heavy atom. The van der Waals surface area contributed by atoms with Crippen LogP contribution in [0.15, 0.2) is 30.5 Å². The fourth-order valence-electron chi connectivity index (χ4n) is 2.12. The SMILES string of the molecule is Cc1c(C(N)Cc2cccc(C(F)(F)F)c2)cnn1C. The molecule has 0 spiro atoms. The first kappa shape index (κ1) is 14.6. The van der Waals surface area contributed by atoms with Crippen molar-refractivity contribution in [2.45, 2.75) is 25.6 Å². The highest BCUT2D eigenvalue weighted by Crippen LogP contribution is 2.30. The number of aromatic nitrogens is 2. The molecule has 1 aromatic heterocycles. The maximum Gasteiger partial charge on any atom is 0.416 e. The number of nitrogens with zero attached hydrogens (tertiary/aromatic N) is 2. The van der Waals surface area contributed by atoms with Gasteiger partial charge in [-0.3, -0.25) is 4.68 Å². The van der Waals surface area contributed by atoms with E-state index >= 15 is 0 Å². The lowest BCUT2D eigenvalue weighted by atomic mass is 9.99. The second-order valence-electron chi connectivity index (χ2n) is 4.82. The molecule has 1 aromatic carbocycles. The molecule has 0 fully saturated rings. The number of benzene rings is 1. The maximum absolute atomic E-state index is 12.7. The quantitative estimate of drug-likeness (QED) is 0.941. The molecule has 6 heteroatoms. The third-order valence-electron chi connectivity index (χ3n) is 3.38. The average Bonchev–Trinajstić information content (AvgIpc) is 2.69. The minimum Gasteiger partial charge on any atom is -0.324 e. The van der Waals surface area contributed by atoms with Crippen LogP contribution in [0.2, 0.25) is 0 Å². The molecular weight excluding hydrogens is 267 g/mol. The van der Waals surface area contributed by atoms with E-state index in [2.05, 4.69) is 5.10 Å². The van der Waals surface area contributed by atoms with Gasteiger partial charge < -0.3 is 5.73 Å². The Hall–Kier alpha value is -1.82. The summed E-state index contributed by atoms with van der Waals surface area (Å²) in [5.74, 6) is 0. The van der Waals surface area contributed by atoms with Crippen molar-refractivity contribution in [1.82, 2.24) is 9.78 Å². The highest BCUT2D eigenvalue weighted by molar-refractivity contribution is 5.29. The Morgan fingerprint density at radius 1 is 1.35 bits per heavy atom. The van der Waals surface area contributed by atoms with Crippen molar-refractivity contribution in [3.05, 3.63) is 52.8 Å². The predicted octanol–water partition coefficient (Wildman–Crippen LogP) is 2.99. The van der Waals surface area contributed by atoms with Crippen LogP contribution in [-0.2, 0) is 19.6 Å². The van der Waals surface area contributed by atoms with Crippen LogP contribution in [0.1, 0.15) is 28.4 Å². The van der Waals surface area contributed by atoms with Gasteiger partial charge >= 0.3 is 6.18 Å². The van der Waals surface area contributed by atoms with Gasteiger partial charge in [0.05, 0.1) is 11.8 Å². The second kappa shape index (κ2) is 5.28. The molecule has 0 radical (unpaired) electrons. The number of hydrogen-bond acceptors (Lipinski definition) is 2. The summed E-state index contributed by atoms with van der Waals surface area (Å²) in [4.78, 5) is 0. The normalized spacial score (nSPS) is 13.5. The van der Waals surface area contributed by atoms with Crippen LogP contribution in [0.4, 0.5) is 13.2 Å². The summed E-state index contributed by atoms with van der Waals surface area (Å²) in [6.45, 7) is 1.88. The van der Waals surface area contributed by atoms with Crippen LogP contribution >= 0.6 is 0 Å². The smallest absolute Gasteiger partial charge is 0.324 e. The minimum atomic E-state index is -4.33. The molecule has 1 heterocycles. The largest absolute Gasteiger partial charge is 0.416 e. The van der Waals surface area contributed by atoms with Gasteiger partial charge in [0.1, 0.15) is 0 Å². The van der Waals surface area contributed by atoms with Gasteiger partial charge in [-0.05, 0) is 25.0 Å². The van der Waals surface area contributed by atoms with Gasteiger partial charge in [-0.15, -0.1) is 0 Å². The van der Waals surface area contributed by atoms with Gasteiger partial charge in [-0.25, -0.2) is 0 Å². The Labute approximate surface area is 115 Å². The molecule has 1 unspecified atom stereocenters. The van der Waals surface area contributed by atoms with E-state index in [9.17, 15) is 13.2 Å². The summed E-state index contributed by atoms with van der Waals surface area (Å²) in [5, 5.41) is 4.09. The predicted molar refractivity (Wildman–Crippen MR) is 70.0 cm³/mol. The summed E-state index contributed by atoms with van der Waals surface area (Å²) in [5.41, 5.74) is 7.76. The van der Waals surface area contributed by atoms with E-state index in [1.165, 1.54) is 6.07 Å². The molecule has 2 rings (SSSR count). The number of aryl methyl sites for hydroxylation is 1. The van der Waals surface area contributed by atoms with Crippen molar-refractivity contribution in [3.8, 4) is 0 Å². The van der Waals surface area contributed by atoms with Crippen LogP contribution in [0, 0.1) is 6.92 Å². The highest BCUT2D eigenvalue weighted by Gasteiger charge is 2.30. The van der Waals surface area contributed by atoms with E-state index in [0.29, 0.717) is 12.0 Å². The van der Waals surface area contributed by atoms with E-state index < -0.39 is 11.7 Å². The minimum absolute atomic E-state index is 0.344. The van der Waals surface area contributed by atoms with Gasteiger partial charge in [0.25, 0.3) is 0 Å². The molecule has 0 aliphatic rings. The number of rotatable bonds is 3. The molecule has 2 aromatic rings. The summed E-state index contributed by atoms with van der Waals surface area (Å²) < 4.78 is 39.6. The molecule has 0 aliphatic heterocycles. The molecular formula is C14H16F3N3. The number of nitrogens with two attached hydrogens (primary N) is 1. The third kappa shape index (κ3) is 3.01. The zero-order valence-electron chi connectivity index (χ0n) is 11.3. The molecule has 3 nitrogen and oxygen atoms in total. The maximum atomic E-state index is 12.7. The Bertz CT molecular complexity index is 602. The Balaban J connectivity index is 2.20. The fourth-order valence-corrected chi connectivity index (χ4v) is 2.12. The Morgan fingerprint density at radius 2 is 2.05 bits per heavy atom. The van der Waals surface area contributed by atoms with Crippen molar-refractivity contribution < 1.29 is 13.2 Å². The van der Waals surface area contributed by atoms with E-state index in [0.717, 1.165) is 23.4 Å². The topological polar surface area (TPSA) is 43.8 Å². The second-order valence-corrected chi connectivity index (χ2v) is 4.82. The van der Waals surface area contributed by atoms with Gasteiger partial charge in [0.15, 0.2) is 0 Å². The first-order valence-electron chi connectivity index (χ1n) is 6.19. The van der Waals surface area contributed by atoms with Gasteiger partial charge in [0, 0.05) is 24.3 Å². The van der Waals surface area contributed by atoms with E-state index in [1.807, 2.05) is 6.92 Å². The molecule has 0 amide bonds. The van der Waals surface area contributed by atoms with E-state index in [4.69, 9.17) is 5.73 Å². The molecule has 0 aliphatic carbocycles. The first-order chi connectivity index (χ1) is 9.29. The third-order valence-corrected chi connectivity index (χ3v) is 3.38. The fraction of sp³-hybridized carbons (Fsp3) is 0.357. The lowest BCUT2D eigenvalue weighted by molar-refractivity contribution is -0.137. The van der Waals surface area contributed by atoms with Crippen molar-refractivity contribution in [3.63, 3.8) is 0 Å². The summed E-state index contributed by atoms with van der Waals surface area (Å²) in [6, 6.07) is 4.89. The van der Waals surface area contributed by atoms with E-state index in [1.54, 1.807) is 24.0 Å². The molecule has 108 valence electrons. The summed E-state index contributed by atoms with van der Waals surface area (Å²) in [6.07, 6.45) is -2.33. The Kier molecular flexibility index (Phi) is 3.85. The average molecular weight is 283 g/mol. The van der Waals surface area contributed by atoms with Crippen molar-refractivity contribution in [2.24, 2.45) is 12.8 Å². The summed E-state index contributed by atoms with van der Waals surface area (Å²) >= 11 is 0. The molecule has 0 bridgehead atoms. The molecule has 0 saturated heterocycles. The van der Waals surface area contributed by atoms with Gasteiger partial charge in [-0.1, -0.05) is 18.2 Å². The molecule has 1 atom stereocenters. The van der Waals surface area contributed by atoms with E-state index in [-0.39, 0.29) is 6.04 Å². The van der Waals surface area contributed by atoms with Crippen LogP contribution in [0.3, 0.4) is 0 Å². The highest BCUT2D eigenvalue weighted by atomic mass is 19.4. The van der Waals surface area contributed by atoms with Gasteiger partial charge in [-0.2, -0.15) is 18.3 Å². The molecule has 0 saturated carbocycles. The first-order valence-corrected chi connectivity index (χ1v) is 6.19. The zero-order chi connectivity index (χ0) is 14.9. The lowest BCUT2D eigenvalue weighted by Crippen LogP contribution is -2.15. The van der Waals surface area contributed by atoms with Crippen LogP contribution < -0.4 is 5.73 Å². The van der Waals surface area contributed by atoms with Gasteiger partial charge in [0.2, 0.25) is 0 Å². The lowest BCUT2D eigenvalue weighted by Gasteiger charge is -2.13. The van der Waals surface area contributed by atoms with Crippen molar-refractivity contribution >= 4 is 0 Å². The van der Waals surface area contributed by atoms with Crippen molar-refractivity contribution in [2.75, 3.05) is 0 Å². The molecule has 2 N–H and O–H groups in total. The number of hydrogen-bond donors (Lipinski definition) is 1. The van der Waals surface area contributed by atoms with Crippen LogP contribution in [-0.4, -0.2) is 9.78 Å². The van der Waals surface area contributed by atoms with Crippen LogP contribution in [0.25, 0.3) is 0 Å². The molecule has 20 heavy (non-hydrogen) atoms. The number of alkyl halides is 3. The standard InChI is InChI=1S/C14H16F3N3/c1-9-12(8-19-20(9)2)13(18)7-10-4-3-5-11(6-10)14(15,16)17/h3-6,8,13H,7,18H2,1-2H3.